The van der Waals surface area contributed by atoms with E-state index in [1.54, 1.807) is 0 Å². The van der Waals surface area contributed by atoms with E-state index in [1.807, 2.05) is 0 Å². The summed E-state index contributed by atoms with van der Waals surface area (Å²) in [7, 11) is 0. The Morgan fingerprint density at radius 3 is 1.29 bits per heavy atom. The van der Waals surface area contributed by atoms with Crippen LogP contribution in [0.1, 0.15) is 78.1 Å². The van der Waals surface area contributed by atoms with E-state index in [0.29, 0.717) is 36.3 Å². The molecular formula is C20H40N4. The molecule has 2 saturated carbocycles. The minimum Gasteiger partial charge on any atom is -0.312 e. The predicted molar refractivity (Wildman–Crippen MR) is 103 cm³/mol. The molecule has 0 radical (unpaired) electrons. The minimum atomic E-state index is 0.613. The van der Waals surface area contributed by atoms with Gasteiger partial charge in [0.15, 0.2) is 0 Å². The maximum absolute atomic E-state index is 3.94. The van der Waals surface area contributed by atoms with E-state index in [1.165, 1.54) is 64.2 Å². The van der Waals surface area contributed by atoms with Crippen LogP contribution >= 0.6 is 0 Å². The monoisotopic (exact) mass is 336 g/mol. The molecule has 3 fully saturated rings. The van der Waals surface area contributed by atoms with Crippen LogP contribution in [-0.2, 0) is 0 Å². The predicted octanol–water partition coefficient (Wildman–Crippen LogP) is 2.54. The van der Waals surface area contributed by atoms with Crippen LogP contribution in [0.4, 0.5) is 0 Å². The lowest BCUT2D eigenvalue weighted by molar-refractivity contribution is 0.234. The Morgan fingerprint density at radius 2 is 0.875 bits per heavy atom. The van der Waals surface area contributed by atoms with Crippen molar-refractivity contribution in [3.05, 3.63) is 0 Å². The van der Waals surface area contributed by atoms with Crippen LogP contribution in [0.25, 0.3) is 0 Å². The van der Waals surface area contributed by atoms with Gasteiger partial charge in [-0.25, -0.2) is 0 Å². The quantitative estimate of drug-likeness (QED) is 0.549. The van der Waals surface area contributed by atoms with Gasteiger partial charge >= 0.3 is 0 Å². The maximum atomic E-state index is 3.94. The third-order valence-corrected chi connectivity index (χ3v) is 6.50. The summed E-state index contributed by atoms with van der Waals surface area (Å²) in [5.41, 5.74) is 0. The van der Waals surface area contributed by atoms with Gasteiger partial charge in [0.1, 0.15) is 0 Å². The van der Waals surface area contributed by atoms with Gasteiger partial charge in [-0.05, 0) is 65.5 Å². The van der Waals surface area contributed by atoms with Gasteiger partial charge in [-0.2, -0.15) is 0 Å². The normalized spacial score (nSPS) is 43.2. The third kappa shape index (κ3) is 5.42. The fraction of sp³-hybridized carbons (Fsp3) is 1.00. The SMILES string of the molecule is C[C@@H]1CCN[C@H]2CCCC[C@@H]2N[C@@H](C)CCN[C@@H]2CCCC[C@H]2N1. The van der Waals surface area contributed by atoms with E-state index < -0.39 is 0 Å². The van der Waals surface area contributed by atoms with Crippen LogP contribution < -0.4 is 21.3 Å². The summed E-state index contributed by atoms with van der Waals surface area (Å²) in [6.07, 6.45) is 13.4. The lowest BCUT2D eigenvalue weighted by Crippen LogP contribution is -2.56. The van der Waals surface area contributed by atoms with Crippen molar-refractivity contribution in [2.24, 2.45) is 0 Å². The van der Waals surface area contributed by atoms with Gasteiger partial charge in [-0.3, -0.25) is 0 Å². The van der Waals surface area contributed by atoms with Gasteiger partial charge in [-0.15, -0.1) is 0 Å². The number of nitrogens with one attached hydrogen (secondary N) is 4. The summed E-state index contributed by atoms with van der Waals surface area (Å²) < 4.78 is 0. The lowest BCUT2D eigenvalue weighted by atomic mass is 9.88. The Kier molecular flexibility index (Phi) is 7.38. The first-order chi connectivity index (χ1) is 11.7. The van der Waals surface area contributed by atoms with Gasteiger partial charge in [0.2, 0.25) is 0 Å². The molecule has 24 heavy (non-hydrogen) atoms. The molecule has 2 aliphatic carbocycles. The highest BCUT2D eigenvalue weighted by atomic mass is 15.1. The Hall–Kier alpha value is -0.160. The first-order valence-corrected chi connectivity index (χ1v) is 10.7. The van der Waals surface area contributed by atoms with Gasteiger partial charge in [0.25, 0.3) is 0 Å². The summed E-state index contributed by atoms with van der Waals surface area (Å²) in [6, 6.07) is 3.91. The van der Waals surface area contributed by atoms with Crippen LogP contribution in [0.15, 0.2) is 0 Å². The zero-order chi connectivity index (χ0) is 16.8. The molecule has 1 aliphatic heterocycles. The molecule has 4 N–H and O–H groups in total. The summed E-state index contributed by atoms with van der Waals surface area (Å²) >= 11 is 0. The van der Waals surface area contributed by atoms with Gasteiger partial charge < -0.3 is 21.3 Å². The van der Waals surface area contributed by atoms with Crippen molar-refractivity contribution in [1.29, 1.82) is 0 Å². The van der Waals surface area contributed by atoms with E-state index in [4.69, 9.17) is 0 Å². The summed E-state index contributed by atoms with van der Waals surface area (Å²) in [5, 5.41) is 15.6. The van der Waals surface area contributed by atoms with Gasteiger partial charge in [0, 0.05) is 36.3 Å². The second-order valence-electron chi connectivity index (χ2n) is 8.62. The topological polar surface area (TPSA) is 48.1 Å². The molecule has 4 nitrogen and oxygen atoms in total. The van der Waals surface area contributed by atoms with Crippen molar-refractivity contribution in [1.82, 2.24) is 21.3 Å². The Bertz CT molecular complexity index is 328. The summed E-state index contributed by atoms with van der Waals surface area (Å²) in [5.74, 6) is 0. The van der Waals surface area contributed by atoms with E-state index in [9.17, 15) is 0 Å². The molecule has 0 spiro atoms. The smallest absolute Gasteiger partial charge is 0.0223 e. The molecule has 140 valence electrons. The minimum absolute atomic E-state index is 0.613. The second-order valence-corrected chi connectivity index (χ2v) is 8.62. The molecule has 1 heterocycles. The summed E-state index contributed by atoms with van der Waals surface area (Å²) in [4.78, 5) is 0. The van der Waals surface area contributed by atoms with E-state index in [0.717, 1.165) is 13.1 Å². The number of rotatable bonds is 0. The van der Waals surface area contributed by atoms with Crippen LogP contribution in [-0.4, -0.2) is 49.3 Å². The molecule has 0 aromatic rings. The fourth-order valence-electron chi connectivity index (χ4n) is 5.02. The van der Waals surface area contributed by atoms with Crippen molar-refractivity contribution >= 4 is 0 Å². The summed E-state index contributed by atoms with van der Waals surface area (Å²) in [6.45, 7) is 7.04. The highest BCUT2D eigenvalue weighted by molar-refractivity contribution is 4.91. The molecule has 0 bridgehead atoms. The van der Waals surface area contributed by atoms with Crippen LogP contribution in [0, 0.1) is 0 Å². The second kappa shape index (κ2) is 9.51. The first-order valence-electron chi connectivity index (χ1n) is 10.7. The Morgan fingerprint density at radius 1 is 0.500 bits per heavy atom. The standard InChI is InChI=1S/C20H40N4/c1-15-11-13-21-18-8-4-6-10-20(18)24-16(2)12-14-22-17-7-3-5-9-19(17)23-15/h15-24H,3-14H2,1-2H3/t15-,16+,17-,18+,19-,20+. The maximum Gasteiger partial charge on any atom is 0.0223 e. The molecule has 0 unspecified atom stereocenters. The van der Waals surface area contributed by atoms with E-state index in [2.05, 4.69) is 35.1 Å². The van der Waals surface area contributed by atoms with Crippen molar-refractivity contribution in [2.75, 3.05) is 13.1 Å². The van der Waals surface area contributed by atoms with E-state index in [-0.39, 0.29) is 0 Å². The van der Waals surface area contributed by atoms with Crippen molar-refractivity contribution in [2.45, 2.75) is 114 Å². The van der Waals surface area contributed by atoms with Gasteiger partial charge in [-0.1, -0.05) is 25.7 Å². The van der Waals surface area contributed by atoms with Crippen molar-refractivity contribution < 1.29 is 0 Å². The fourth-order valence-corrected chi connectivity index (χ4v) is 5.02. The van der Waals surface area contributed by atoms with Crippen LogP contribution in [0.2, 0.25) is 0 Å². The molecule has 6 atom stereocenters. The average Bonchev–Trinajstić information content (AvgIpc) is 2.57. The zero-order valence-corrected chi connectivity index (χ0v) is 15.9. The molecule has 1 saturated heterocycles. The molecule has 3 aliphatic rings. The first kappa shape index (κ1) is 18.6. The van der Waals surface area contributed by atoms with Crippen LogP contribution in [0.3, 0.4) is 0 Å². The average molecular weight is 337 g/mol. The highest BCUT2D eigenvalue weighted by Gasteiger charge is 2.28. The zero-order valence-electron chi connectivity index (χ0n) is 15.9. The molecular weight excluding hydrogens is 296 g/mol. The van der Waals surface area contributed by atoms with E-state index >= 15 is 0 Å². The molecule has 0 amide bonds. The number of fused-ring (bicyclic) bond motifs is 2. The van der Waals surface area contributed by atoms with Crippen molar-refractivity contribution in [3.63, 3.8) is 0 Å². The van der Waals surface area contributed by atoms with Gasteiger partial charge in [0.05, 0.1) is 0 Å². The molecule has 0 aromatic heterocycles. The highest BCUT2D eigenvalue weighted by Crippen LogP contribution is 2.21. The number of hydrogen-bond acceptors (Lipinski definition) is 4. The molecule has 0 aromatic carbocycles. The largest absolute Gasteiger partial charge is 0.312 e. The number of hydrogen-bond donors (Lipinski definition) is 4. The van der Waals surface area contributed by atoms with Crippen LogP contribution in [0.5, 0.6) is 0 Å². The third-order valence-electron chi connectivity index (χ3n) is 6.50. The lowest BCUT2D eigenvalue weighted by Gasteiger charge is -2.38. The molecule has 3 rings (SSSR count). The Balaban J connectivity index is 1.60. The van der Waals surface area contributed by atoms with Crippen molar-refractivity contribution in [3.8, 4) is 0 Å². The molecule has 4 heteroatoms. The Labute approximate surface area is 149 Å².